The van der Waals surface area contributed by atoms with Gasteiger partial charge in [0, 0.05) is 25.7 Å². The van der Waals surface area contributed by atoms with Gasteiger partial charge in [-0.05, 0) is 96.3 Å². The van der Waals surface area contributed by atoms with Gasteiger partial charge in [-0.2, -0.15) is 0 Å². The van der Waals surface area contributed by atoms with Crippen molar-refractivity contribution in [3.63, 3.8) is 0 Å². The highest BCUT2D eigenvalue weighted by Gasteiger charge is 2.20. The predicted octanol–water partition coefficient (Wildman–Crippen LogP) is 14.9. The van der Waals surface area contributed by atoms with E-state index >= 15 is 0 Å². The molecule has 0 N–H and O–H groups in total. The number of ether oxygens (including phenoxy) is 3. The lowest BCUT2D eigenvalue weighted by molar-refractivity contribution is -0.167. The van der Waals surface area contributed by atoms with Crippen LogP contribution in [0.15, 0.2) is 60.8 Å². The SMILES string of the molecule is CCCCC/C=C\C/C=C\CCCCCCCC(=O)OCC(COC(=O)CCCCCCC/C=C\C/C=C\CCCCC)OC(=O)CCC(=O)CC/C=C\CCCCC. The number of unbranched alkanes of at least 4 members (excludes halogenated alkanes) is 19. The number of hydrogen-bond acceptors (Lipinski definition) is 7. The lowest BCUT2D eigenvalue weighted by atomic mass is 10.1. The summed E-state index contributed by atoms with van der Waals surface area (Å²) in [7, 11) is 0. The van der Waals surface area contributed by atoms with Crippen molar-refractivity contribution in [3.8, 4) is 0 Å². The van der Waals surface area contributed by atoms with Gasteiger partial charge in [-0.1, -0.05) is 159 Å². The third-order valence-electron chi connectivity index (χ3n) is 10.2. The molecule has 7 nitrogen and oxygen atoms in total. The van der Waals surface area contributed by atoms with Crippen LogP contribution in [0.4, 0.5) is 0 Å². The van der Waals surface area contributed by atoms with Gasteiger partial charge in [0.2, 0.25) is 0 Å². The van der Waals surface area contributed by atoms with E-state index in [0.717, 1.165) is 103 Å². The van der Waals surface area contributed by atoms with Gasteiger partial charge in [0.1, 0.15) is 19.0 Å². The molecule has 0 atom stereocenters. The summed E-state index contributed by atoms with van der Waals surface area (Å²) in [6, 6.07) is 0. The van der Waals surface area contributed by atoms with Crippen molar-refractivity contribution in [2.75, 3.05) is 13.2 Å². The molecular formula is C52H88O7. The summed E-state index contributed by atoms with van der Waals surface area (Å²) in [5.41, 5.74) is 0. The Morgan fingerprint density at radius 2 is 0.712 bits per heavy atom. The van der Waals surface area contributed by atoms with E-state index in [1.807, 2.05) is 6.08 Å². The van der Waals surface area contributed by atoms with E-state index < -0.39 is 12.1 Å². The average molecular weight is 825 g/mol. The summed E-state index contributed by atoms with van der Waals surface area (Å²) in [5, 5.41) is 0. The average Bonchev–Trinajstić information content (AvgIpc) is 3.23. The largest absolute Gasteiger partial charge is 0.462 e. The molecule has 0 aromatic carbocycles. The van der Waals surface area contributed by atoms with Crippen molar-refractivity contribution in [1.29, 1.82) is 0 Å². The van der Waals surface area contributed by atoms with E-state index in [9.17, 15) is 19.2 Å². The molecule has 0 unspecified atom stereocenters. The zero-order valence-corrected chi connectivity index (χ0v) is 38.3. The number of carbonyl (C=O) groups is 4. The summed E-state index contributed by atoms with van der Waals surface area (Å²) in [5.74, 6) is -1.27. The molecule has 0 rings (SSSR count). The van der Waals surface area contributed by atoms with Crippen LogP contribution >= 0.6 is 0 Å². The second-order valence-electron chi connectivity index (χ2n) is 16.0. The van der Waals surface area contributed by atoms with Crippen molar-refractivity contribution in [2.45, 2.75) is 232 Å². The van der Waals surface area contributed by atoms with Crippen LogP contribution in [0.1, 0.15) is 226 Å². The minimum atomic E-state index is -0.911. The Morgan fingerprint density at radius 3 is 1.14 bits per heavy atom. The van der Waals surface area contributed by atoms with E-state index in [1.165, 1.54) is 64.2 Å². The van der Waals surface area contributed by atoms with Crippen LogP contribution in [0.5, 0.6) is 0 Å². The highest BCUT2D eigenvalue weighted by atomic mass is 16.6. The van der Waals surface area contributed by atoms with E-state index in [-0.39, 0.29) is 43.8 Å². The van der Waals surface area contributed by atoms with E-state index in [4.69, 9.17) is 14.2 Å². The van der Waals surface area contributed by atoms with Gasteiger partial charge >= 0.3 is 17.9 Å². The number of rotatable bonds is 43. The zero-order valence-electron chi connectivity index (χ0n) is 38.3. The van der Waals surface area contributed by atoms with Gasteiger partial charge in [-0.15, -0.1) is 0 Å². The summed E-state index contributed by atoms with van der Waals surface area (Å²) in [6.07, 6.45) is 51.8. The second kappa shape index (κ2) is 45.9. The fourth-order valence-corrected chi connectivity index (χ4v) is 6.40. The molecule has 0 aliphatic heterocycles. The number of carbonyl (C=O) groups excluding carboxylic acids is 4. The Hall–Kier alpha value is -3.22. The van der Waals surface area contributed by atoms with Crippen LogP contribution in [-0.4, -0.2) is 43.0 Å². The Kier molecular flexibility index (Phi) is 43.4. The fraction of sp³-hybridized carbons (Fsp3) is 0.731. The molecule has 0 radical (unpaired) electrons. The van der Waals surface area contributed by atoms with Crippen LogP contribution in [0.2, 0.25) is 0 Å². The predicted molar refractivity (Wildman–Crippen MR) is 247 cm³/mol. The fourth-order valence-electron chi connectivity index (χ4n) is 6.40. The Morgan fingerprint density at radius 1 is 0.356 bits per heavy atom. The molecule has 0 heterocycles. The van der Waals surface area contributed by atoms with Gasteiger partial charge in [-0.25, -0.2) is 0 Å². The summed E-state index contributed by atoms with van der Waals surface area (Å²) in [6.45, 7) is 6.27. The number of allylic oxidation sites excluding steroid dienone is 10. The first-order valence-electron chi connectivity index (χ1n) is 24.2. The Bertz CT molecular complexity index is 1090. The van der Waals surface area contributed by atoms with Crippen molar-refractivity contribution >= 4 is 23.7 Å². The van der Waals surface area contributed by atoms with Gasteiger partial charge < -0.3 is 14.2 Å². The second-order valence-corrected chi connectivity index (χ2v) is 16.0. The summed E-state index contributed by atoms with van der Waals surface area (Å²) in [4.78, 5) is 50.2. The quantitative estimate of drug-likeness (QED) is 0.0261. The van der Waals surface area contributed by atoms with Gasteiger partial charge in [0.25, 0.3) is 0 Å². The first kappa shape index (κ1) is 55.8. The van der Waals surface area contributed by atoms with Gasteiger partial charge in [0.05, 0.1) is 6.42 Å². The minimum absolute atomic E-state index is 0.00402. The normalized spacial score (nSPS) is 12.0. The smallest absolute Gasteiger partial charge is 0.306 e. The van der Waals surface area contributed by atoms with E-state index in [0.29, 0.717) is 25.7 Å². The summed E-state index contributed by atoms with van der Waals surface area (Å²) < 4.78 is 16.5. The van der Waals surface area contributed by atoms with Crippen LogP contribution < -0.4 is 0 Å². The Balaban J connectivity index is 4.50. The molecule has 0 aromatic rings. The molecule has 0 saturated carbocycles. The number of esters is 3. The van der Waals surface area contributed by atoms with Crippen molar-refractivity contribution in [1.82, 2.24) is 0 Å². The molecule has 7 heteroatoms. The molecule has 0 spiro atoms. The van der Waals surface area contributed by atoms with E-state index in [2.05, 4.69) is 75.5 Å². The molecule has 0 bridgehead atoms. The van der Waals surface area contributed by atoms with Crippen LogP contribution in [-0.2, 0) is 33.4 Å². The molecule has 0 fully saturated rings. The minimum Gasteiger partial charge on any atom is -0.462 e. The van der Waals surface area contributed by atoms with E-state index in [1.54, 1.807) is 0 Å². The molecular weight excluding hydrogens is 737 g/mol. The lowest BCUT2D eigenvalue weighted by Crippen LogP contribution is -2.31. The van der Waals surface area contributed by atoms with Crippen molar-refractivity contribution < 1.29 is 33.4 Å². The molecule has 0 aliphatic rings. The maximum atomic E-state index is 12.7. The zero-order chi connectivity index (χ0) is 43.1. The van der Waals surface area contributed by atoms with Crippen molar-refractivity contribution in [2.24, 2.45) is 0 Å². The van der Waals surface area contributed by atoms with Crippen LogP contribution in [0.3, 0.4) is 0 Å². The van der Waals surface area contributed by atoms with Crippen molar-refractivity contribution in [3.05, 3.63) is 60.8 Å². The number of hydrogen-bond donors (Lipinski definition) is 0. The number of Topliss-reactive ketones (excluding diaryl/α,β-unsaturated/α-hetero) is 1. The highest BCUT2D eigenvalue weighted by molar-refractivity contribution is 5.83. The van der Waals surface area contributed by atoms with Gasteiger partial charge in [-0.3, -0.25) is 19.2 Å². The topological polar surface area (TPSA) is 96.0 Å². The maximum absolute atomic E-state index is 12.7. The molecule has 0 amide bonds. The maximum Gasteiger partial charge on any atom is 0.306 e. The van der Waals surface area contributed by atoms with Gasteiger partial charge in [0.15, 0.2) is 6.10 Å². The molecule has 338 valence electrons. The first-order valence-corrected chi connectivity index (χ1v) is 24.2. The number of ketones is 1. The standard InChI is InChI=1S/C52H88O7/c1-4-7-10-13-16-18-20-22-24-26-28-30-33-36-39-42-50(54)57-46-49(59-52(56)45-44-48(53)41-38-35-32-15-12-9-6-3)47-58-51(55)43-40-37-34-31-29-27-25-23-21-19-17-14-11-8-5-2/h16-19,22-25,32,35,49H,4-15,20-21,26-31,33-34,36-47H2,1-3H3/b18-16-,19-17-,24-22-,25-23-,35-32-. The monoisotopic (exact) mass is 825 g/mol. The van der Waals surface area contributed by atoms with Crippen LogP contribution in [0.25, 0.3) is 0 Å². The third kappa shape index (κ3) is 44.2. The molecule has 0 aromatic heterocycles. The molecule has 0 saturated heterocycles. The molecule has 0 aliphatic carbocycles. The first-order chi connectivity index (χ1) is 28.9. The third-order valence-corrected chi connectivity index (χ3v) is 10.2. The Labute approximate surface area is 362 Å². The summed E-state index contributed by atoms with van der Waals surface area (Å²) >= 11 is 0. The van der Waals surface area contributed by atoms with Crippen LogP contribution in [0, 0.1) is 0 Å². The lowest BCUT2D eigenvalue weighted by Gasteiger charge is -2.18. The highest BCUT2D eigenvalue weighted by Crippen LogP contribution is 2.12. The molecule has 59 heavy (non-hydrogen) atoms.